The second-order valence-electron chi connectivity index (χ2n) is 6.46. The molecule has 0 radical (unpaired) electrons. The van der Waals surface area contributed by atoms with Gasteiger partial charge in [-0.15, -0.1) is 0 Å². The van der Waals surface area contributed by atoms with E-state index in [1.807, 2.05) is 0 Å². The van der Waals surface area contributed by atoms with Crippen LogP contribution in [0.4, 0.5) is 10.5 Å². The van der Waals surface area contributed by atoms with Crippen LogP contribution in [0.2, 0.25) is 0 Å². The van der Waals surface area contributed by atoms with E-state index in [9.17, 15) is 13.2 Å². The van der Waals surface area contributed by atoms with E-state index in [4.69, 9.17) is 4.74 Å². The molecule has 25 heavy (non-hydrogen) atoms. The molecule has 2 rings (SSSR count). The van der Waals surface area contributed by atoms with Gasteiger partial charge in [-0.3, -0.25) is 0 Å². The maximum atomic E-state index is 12.6. The molecule has 0 saturated carbocycles. The van der Waals surface area contributed by atoms with E-state index in [1.165, 1.54) is 16.4 Å². The Hall–Kier alpha value is -1.64. The number of nitrogens with one attached hydrogen (secondary N) is 2. The Balaban J connectivity index is 1.95. The molecule has 1 saturated heterocycles. The average molecular weight is 369 g/mol. The Morgan fingerprint density at radius 3 is 2.68 bits per heavy atom. The van der Waals surface area contributed by atoms with E-state index in [0.717, 1.165) is 12.8 Å². The van der Waals surface area contributed by atoms with Crippen molar-refractivity contribution in [3.05, 3.63) is 24.3 Å². The van der Waals surface area contributed by atoms with Gasteiger partial charge in [-0.1, -0.05) is 19.9 Å². The molecule has 1 aliphatic heterocycles. The van der Waals surface area contributed by atoms with Crippen LogP contribution in [0.15, 0.2) is 29.2 Å². The number of anilines is 1. The number of rotatable bonds is 7. The minimum atomic E-state index is -3.57. The third-order valence-electron chi connectivity index (χ3n) is 3.94. The normalized spacial score (nSPS) is 16.0. The van der Waals surface area contributed by atoms with Crippen LogP contribution < -0.4 is 10.6 Å². The molecule has 0 bridgehead atoms. The summed E-state index contributed by atoms with van der Waals surface area (Å²) in [5, 5.41) is 5.47. The van der Waals surface area contributed by atoms with Crippen LogP contribution in [-0.4, -0.2) is 51.6 Å². The summed E-state index contributed by atoms with van der Waals surface area (Å²) in [5.41, 5.74) is 0.454. The number of amides is 2. The second-order valence-corrected chi connectivity index (χ2v) is 8.40. The van der Waals surface area contributed by atoms with Gasteiger partial charge in [-0.2, -0.15) is 4.31 Å². The number of ether oxygens (including phenoxy) is 1. The molecule has 1 aliphatic rings. The van der Waals surface area contributed by atoms with Gasteiger partial charge in [0.1, 0.15) is 0 Å². The van der Waals surface area contributed by atoms with Crippen LogP contribution >= 0.6 is 0 Å². The smallest absolute Gasteiger partial charge is 0.319 e. The fourth-order valence-electron chi connectivity index (χ4n) is 2.56. The van der Waals surface area contributed by atoms with E-state index < -0.39 is 10.0 Å². The maximum Gasteiger partial charge on any atom is 0.319 e. The monoisotopic (exact) mass is 369 g/mol. The van der Waals surface area contributed by atoms with Gasteiger partial charge >= 0.3 is 6.03 Å². The fraction of sp³-hybridized carbons (Fsp3) is 0.588. The van der Waals surface area contributed by atoms with Crippen molar-refractivity contribution in [3.63, 3.8) is 0 Å². The first-order valence-electron chi connectivity index (χ1n) is 8.62. The van der Waals surface area contributed by atoms with Crippen LogP contribution in [0.3, 0.4) is 0 Å². The highest BCUT2D eigenvalue weighted by Crippen LogP contribution is 2.20. The van der Waals surface area contributed by atoms with Crippen LogP contribution in [0, 0.1) is 5.92 Å². The number of hydrogen-bond donors (Lipinski definition) is 2. The Kier molecular flexibility index (Phi) is 7.22. The predicted molar refractivity (Wildman–Crippen MR) is 97.1 cm³/mol. The van der Waals surface area contributed by atoms with Crippen molar-refractivity contribution in [2.45, 2.75) is 31.6 Å². The largest absolute Gasteiger partial charge is 0.379 e. The summed E-state index contributed by atoms with van der Waals surface area (Å²) < 4.78 is 31.9. The first-order chi connectivity index (χ1) is 11.9. The summed E-state index contributed by atoms with van der Waals surface area (Å²) in [6.45, 7) is 6.36. The lowest BCUT2D eigenvalue weighted by atomic mass is 10.1. The van der Waals surface area contributed by atoms with E-state index in [1.54, 1.807) is 12.1 Å². The number of sulfonamides is 1. The van der Waals surface area contributed by atoms with Crippen LogP contribution in [0.5, 0.6) is 0 Å². The van der Waals surface area contributed by atoms with Crippen LogP contribution in [-0.2, 0) is 14.8 Å². The van der Waals surface area contributed by atoms with Crippen LogP contribution in [0.25, 0.3) is 0 Å². The molecule has 0 spiro atoms. The number of nitrogens with zero attached hydrogens (tertiary/aromatic N) is 1. The molecule has 8 heteroatoms. The predicted octanol–water partition coefficient (Wildman–Crippen LogP) is 2.27. The number of urea groups is 1. The zero-order valence-electron chi connectivity index (χ0n) is 14.8. The Bertz CT molecular complexity index is 670. The Morgan fingerprint density at radius 1 is 1.28 bits per heavy atom. The van der Waals surface area contributed by atoms with E-state index >= 15 is 0 Å². The number of carbonyl (C=O) groups is 1. The van der Waals surface area contributed by atoms with Crippen molar-refractivity contribution in [1.82, 2.24) is 9.62 Å². The van der Waals surface area contributed by atoms with E-state index in [2.05, 4.69) is 24.5 Å². The van der Waals surface area contributed by atoms with Crippen molar-refractivity contribution in [1.29, 1.82) is 0 Å². The summed E-state index contributed by atoms with van der Waals surface area (Å²) in [7, 11) is -3.57. The minimum Gasteiger partial charge on any atom is -0.379 e. The van der Waals surface area contributed by atoms with E-state index in [-0.39, 0.29) is 10.9 Å². The fourth-order valence-corrected chi connectivity index (χ4v) is 4.01. The third-order valence-corrected chi connectivity index (χ3v) is 5.84. The van der Waals surface area contributed by atoms with E-state index in [0.29, 0.717) is 44.5 Å². The molecular weight excluding hydrogens is 342 g/mol. The molecule has 1 aromatic carbocycles. The lowest BCUT2D eigenvalue weighted by molar-refractivity contribution is 0.0730. The van der Waals surface area contributed by atoms with Gasteiger partial charge in [0, 0.05) is 25.3 Å². The average Bonchev–Trinajstić information content (AvgIpc) is 2.59. The first-order valence-corrected chi connectivity index (χ1v) is 10.1. The highest BCUT2D eigenvalue weighted by molar-refractivity contribution is 7.89. The van der Waals surface area contributed by atoms with Crippen molar-refractivity contribution in [2.24, 2.45) is 5.92 Å². The summed E-state index contributed by atoms with van der Waals surface area (Å²) in [6.07, 6.45) is 1.96. The zero-order chi connectivity index (χ0) is 18.3. The number of carbonyl (C=O) groups excluding carboxylic acids is 1. The van der Waals surface area contributed by atoms with Gasteiger partial charge in [-0.25, -0.2) is 13.2 Å². The summed E-state index contributed by atoms with van der Waals surface area (Å²) in [6, 6.07) is 5.99. The molecule has 140 valence electrons. The van der Waals surface area contributed by atoms with Gasteiger partial charge < -0.3 is 15.4 Å². The molecule has 7 nitrogen and oxygen atoms in total. The molecule has 2 amide bonds. The molecule has 0 atom stereocenters. The van der Waals surface area contributed by atoms with Crippen molar-refractivity contribution in [3.8, 4) is 0 Å². The molecule has 0 unspecified atom stereocenters. The molecule has 1 heterocycles. The lowest BCUT2D eigenvalue weighted by Crippen LogP contribution is -2.40. The van der Waals surface area contributed by atoms with Crippen LogP contribution in [0.1, 0.15) is 26.7 Å². The Morgan fingerprint density at radius 2 is 2.00 bits per heavy atom. The number of hydrogen-bond acceptors (Lipinski definition) is 4. The minimum absolute atomic E-state index is 0.173. The summed E-state index contributed by atoms with van der Waals surface area (Å²) in [4.78, 5) is 12.1. The Labute approximate surface area is 149 Å². The van der Waals surface area contributed by atoms with Gasteiger partial charge in [0.25, 0.3) is 0 Å². The molecule has 1 aromatic rings. The maximum absolute atomic E-state index is 12.6. The second kappa shape index (κ2) is 9.17. The van der Waals surface area contributed by atoms with Crippen molar-refractivity contribution >= 4 is 21.7 Å². The summed E-state index contributed by atoms with van der Waals surface area (Å²) >= 11 is 0. The highest BCUT2D eigenvalue weighted by atomic mass is 32.2. The first kappa shape index (κ1) is 19.7. The molecule has 0 aliphatic carbocycles. The lowest BCUT2D eigenvalue weighted by Gasteiger charge is -2.26. The third kappa shape index (κ3) is 5.98. The van der Waals surface area contributed by atoms with Gasteiger partial charge in [0.15, 0.2) is 0 Å². The number of morpholine rings is 1. The standard InChI is InChI=1S/C17H27N3O4S/c1-14(2)5-4-8-18-17(21)19-15-6-3-7-16(13-15)25(22,23)20-9-11-24-12-10-20/h3,6-7,13-14H,4-5,8-12H2,1-2H3,(H2,18,19,21). The number of benzene rings is 1. The topological polar surface area (TPSA) is 87.7 Å². The molecular formula is C17H27N3O4S. The van der Waals surface area contributed by atoms with Gasteiger partial charge in [0.2, 0.25) is 10.0 Å². The SMILES string of the molecule is CC(C)CCCNC(=O)Nc1cccc(S(=O)(=O)N2CCOCC2)c1. The quantitative estimate of drug-likeness (QED) is 0.722. The van der Waals surface area contributed by atoms with Crippen molar-refractivity contribution < 1.29 is 17.9 Å². The zero-order valence-corrected chi connectivity index (χ0v) is 15.6. The van der Waals surface area contributed by atoms with Gasteiger partial charge in [-0.05, 0) is 37.0 Å². The van der Waals surface area contributed by atoms with Gasteiger partial charge in [0.05, 0.1) is 18.1 Å². The van der Waals surface area contributed by atoms with Crippen molar-refractivity contribution in [2.75, 3.05) is 38.2 Å². The highest BCUT2D eigenvalue weighted by Gasteiger charge is 2.26. The molecule has 2 N–H and O–H groups in total. The molecule has 0 aromatic heterocycles. The molecule has 1 fully saturated rings. The summed E-state index contributed by atoms with van der Waals surface area (Å²) in [5.74, 6) is 0.604.